The van der Waals surface area contributed by atoms with Gasteiger partial charge in [0.15, 0.2) is 0 Å². The smallest absolute Gasteiger partial charge is 0.236 e. The molecule has 4 nitrogen and oxygen atoms in total. The number of ether oxygens (including phenoxy) is 1. The molecule has 1 aromatic carbocycles. The molecular formula is C15H23FN2O2. The highest BCUT2D eigenvalue weighted by atomic mass is 19.1. The summed E-state index contributed by atoms with van der Waals surface area (Å²) < 4.78 is 18.0. The molecular weight excluding hydrogens is 259 g/mol. The van der Waals surface area contributed by atoms with Crippen LogP contribution in [0.15, 0.2) is 24.3 Å². The summed E-state index contributed by atoms with van der Waals surface area (Å²) in [7, 11) is 1.59. The Bertz CT molecular complexity index is 426. The Labute approximate surface area is 119 Å². The van der Waals surface area contributed by atoms with Crippen LogP contribution in [0.25, 0.3) is 0 Å². The first-order valence-electron chi connectivity index (χ1n) is 6.80. The standard InChI is InChI=1S/C15H23FN2O2/c1-11(9-13-5-4-6-14(16)10-13)18-12(2)15(19)17-7-8-20-3/h4-6,10-12,18H,7-9H2,1-3H3,(H,17,19). The van der Waals surface area contributed by atoms with Crippen LogP contribution in [-0.2, 0) is 16.0 Å². The van der Waals surface area contributed by atoms with E-state index in [0.29, 0.717) is 19.6 Å². The molecule has 0 aliphatic carbocycles. The third-order valence-electron chi connectivity index (χ3n) is 2.96. The number of hydrogen-bond donors (Lipinski definition) is 2. The number of carbonyl (C=O) groups excluding carboxylic acids is 1. The lowest BCUT2D eigenvalue weighted by Crippen LogP contribution is -2.47. The minimum atomic E-state index is -0.296. The van der Waals surface area contributed by atoms with Gasteiger partial charge in [0.25, 0.3) is 0 Å². The lowest BCUT2D eigenvalue weighted by atomic mass is 10.1. The number of rotatable bonds is 8. The summed E-state index contributed by atoms with van der Waals surface area (Å²) in [5, 5.41) is 5.97. The van der Waals surface area contributed by atoms with Gasteiger partial charge in [0.05, 0.1) is 12.6 Å². The summed E-state index contributed by atoms with van der Waals surface area (Å²) in [5.41, 5.74) is 0.914. The fourth-order valence-corrected chi connectivity index (χ4v) is 2.01. The van der Waals surface area contributed by atoms with E-state index in [0.717, 1.165) is 5.56 Å². The van der Waals surface area contributed by atoms with Crippen molar-refractivity contribution in [3.63, 3.8) is 0 Å². The fraction of sp³-hybridized carbons (Fsp3) is 0.533. The Morgan fingerprint density at radius 1 is 1.40 bits per heavy atom. The van der Waals surface area contributed by atoms with Gasteiger partial charge in [0.1, 0.15) is 5.82 Å². The van der Waals surface area contributed by atoms with Crippen LogP contribution in [0.1, 0.15) is 19.4 Å². The Morgan fingerprint density at radius 2 is 2.15 bits per heavy atom. The van der Waals surface area contributed by atoms with E-state index >= 15 is 0 Å². The molecule has 0 aromatic heterocycles. The first-order chi connectivity index (χ1) is 9.52. The summed E-state index contributed by atoms with van der Waals surface area (Å²) in [6.45, 7) is 4.78. The van der Waals surface area contributed by atoms with Gasteiger partial charge in [-0.1, -0.05) is 12.1 Å². The normalized spacial score (nSPS) is 13.8. The van der Waals surface area contributed by atoms with Gasteiger partial charge in [0.2, 0.25) is 5.91 Å². The molecule has 2 unspecified atom stereocenters. The van der Waals surface area contributed by atoms with Crippen LogP contribution < -0.4 is 10.6 Å². The third-order valence-corrected chi connectivity index (χ3v) is 2.96. The molecule has 1 rings (SSSR count). The van der Waals surface area contributed by atoms with Gasteiger partial charge in [-0.15, -0.1) is 0 Å². The van der Waals surface area contributed by atoms with Crippen LogP contribution in [0.3, 0.4) is 0 Å². The molecule has 0 fully saturated rings. The molecule has 1 amide bonds. The lowest BCUT2D eigenvalue weighted by Gasteiger charge is -2.19. The molecule has 0 saturated carbocycles. The van der Waals surface area contributed by atoms with E-state index in [2.05, 4.69) is 10.6 Å². The number of benzene rings is 1. The second-order valence-corrected chi connectivity index (χ2v) is 4.91. The zero-order valence-corrected chi connectivity index (χ0v) is 12.3. The Morgan fingerprint density at radius 3 is 2.80 bits per heavy atom. The highest BCUT2D eigenvalue weighted by Crippen LogP contribution is 2.06. The maximum absolute atomic E-state index is 13.1. The Kier molecular flexibility index (Phi) is 7.18. The summed E-state index contributed by atoms with van der Waals surface area (Å²) in [5.74, 6) is -0.298. The second kappa shape index (κ2) is 8.66. The summed E-state index contributed by atoms with van der Waals surface area (Å²) in [6, 6.07) is 6.30. The van der Waals surface area contributed by atoms with E-state index in [1.807, 2.05) is 19.9 Å². The molecule has 2 N–H and O–H groups in total. The highest BCUT2D eigenvalue weighted by molar-refractivity contribution is 5.81. The maximum atomic E-state index is 13.1. The zero-order chi connectivity index (χ0) is 15.0. The highest BCUT2D eigenvalue weighted by Gasteiger charge is 2.15. The maximum Gasteiger partial charge on any atom is 0.236 e. The molecule has 0 bridgehead atoms. The van der Waals surface area contributed by atoms with Crippen LogP contribution in [0.4, 0.5) is 4.39 Å². The molecule has 0 spiro atoms. The first-order valence-corrected chi connectivity index (χ1v) is 6.80. The number of hydrogen-bond acceptors (Lipinski definition) is 3. The van der Waals surface area contributed by atoms with Gasteiger partial charge in [-0.05, 0) is 38.0 Å². The van der Waals surface area contributed by atoms with Crippen molar-refractivity contribution in [3.05, 3.63) is 35.6 Å². The number of amides is 1. The molecule has 0 aliphatic rings. The van der Waals surface area contributed by atoms with Crippen molar-refractivity contribution in [2.75, 3.05) is 20.3 Å². The molecule has 112 valence electrons. The van der Waals surface area contributed by atoms with E-state index in [4.69, 9.17) is 4.74 Å². The molecule has 0 radical (unpaired) electrons. The van der Waals surface area contributed by atoms with Gasteiger partial charge in [-0.3, -0.25) is 4.79 Å². The zero-order valence-electron chi connectivity index (χ0n) is 12.3. The third kappa shape index (κ3) is 6.12. The Balaban J connectivity index is 2.37. The van der Waals surface area contributed by atoms with Gasteiger partial charge in [0, 0.05) is 19.7 Å². The molecule has 1 aromatic rings. The topological polar surface area (TPSA) is 50.4 Å². The molecule has 5 heteroatoms. The van der Waals surface area contributed by atoms with Crippen molar-refractivity contribution in [1.29, 1.82) is 0 Å². The second-order valence-electron chi connectivity index (χ2n) is 4.91. The average molecular weight is 282 g/mol. The van der Waals surface area contributed by atoms with Crippen molar-refractivity contribution in [2.45, 2.75) is 32.4 Å². The van der Waals surface area contributed by atoms with Gasteiger partial charge in [-0.2, -0.15) is 0 Å². The number of halogens is 1. The molecule has 0 aliphatic heterocycles. The van der Waals surface area contributed by atoms with Crippen LogP contribution in [0, 0.1) is 5.82 Å². The van der Waals surface area contributed by atoms with Crippen molar-refractivity contribution in [1.82, 2.24) is 10.6 Å². The molecule has 0 saturated heterocycles. The first kappa shape index (κ1) is 16.6. The lowest BCUT2D eigenvalue weighted by molar-refractivity contribution is -0.123. The SMILES string of the molecule is COCCNC(=O)C(C)NC(C)Cc1cccc(F)c1. The molecule has 2 atom stereocenters. The predicted octanol–water partition coefficient (Wildman–Crippen LogP) is 1.50. The van der Waals surface area contributed by atoms with Crippen LogP contribution in [0.5, 0.6) is 0 Å². The van der Waals surface area contributed by atoms with Crippen molar-refractivity contribution in [3.8, 4) is 0 Å². The predicted molar refractivity (Wildman–Crippen MR) is 77.0 cm³/mol. The molecule has 0 heterocycles. The quantitative estimate of drug-likeness (QED) is 0.710. The largest absolute Gasteiger partial charge is 0.383 e. The van der Waals surface area contributed by atoms with Crippen LogP contribution >= 0.6 is 0 Å². The number of nitrogens with one attached hydrogen (secondary N) is 2. The van der Waals surface area contributed by atoms with Gasteiger partial charge in [-0.25, -0.2) is 4.39 Å². The fourth-order valence-electron chi connectivity index (χ4n) is 2.01. The van der Waals surface area contributed by atoms with Gasteiger partial charge >= 0.3 is 0 Å². The van der Waals surface area contributed by atoms with Crippen molar-refractivity contribution in [2.24, 2.45) is 0 Å². The van der Waals surface area contributed by atoms with E-state index in [9.17, 15) is 9.18 Å². The summed E-state index contributed by atoms with van der Waals surface area (Å²) in [4.78, 5) is 11.8. The monoisotopic (exact) mass is 282 g/mol. The number of carbonyl (C=O) groups is 1. The summed E-state index contributed by atoms with van der Waals surface area (Å²) >= 11 is 0. The van der Waals surface area contributed by atoms with Crippen molar-refractivity contribution < 1.29 is 13.9 Å². The summed E-state index contributed by atoms with van der Waals surface area (Å²) in [6.07, 6.45) is 0.674. The van der Waals surface area contributed by atoms with Crippen LogP contribution in [-0.4, -0.2) is 38.3 Å². The van der Waals surface area contributed by atoms with Gasteiger partial charge < -0.3 is 15.4 Å². The Hall–Kier alpha value is -1.46. The van der Waals surface area contributed by atoms with E-state index in [1.54, 1.807) is 13.2 Å². The van der Waals surface area contributed by atoms with E-state index in [1.165, 1.54) is 12.1 Å². The minimum Gasteiger partial charge on any atom is -0.383 e. The van der Waals surface area contributed by atoms with E-state index < -0.39 is 0 Å². The number of methoxy groups -OCH3 is 1. The van der Waals surface area contributed by atoms with Crippen LogP contribution in [0.2, 0.25) is 0 Å². The van der Waals surface area contributed by atoms with E-state index in [-0.39, 0.29) is 23.8 Å². The molecule has 20 heavy (non-hydrogen) atoms. The minimum absolute atomic E-state index is 0.0619. The van der Waals surface area contributed by atoms with Crippen molar-refractivity contribution >= 4 is 5.91 Å². The average Bonchev–Trinajstić information content (AvgIpc) is 2.38.